The van der Waals surface area contributed by atoms with Crippen molar-refractivity contribution in [3.05, 3.63) is 36.0 Å². The lowest BCUT2D eigenvalue weighted by molar-refractivity contribution is -0.127. The van der Waals surface area contributed by atoms with Crippen molar-refractivity contribution in [1.82, 2.24) is 20.4 Å². The number of nitrogens with zero attached hydrogens (tertiary/aromatic N) is 2. The molecule has 2 heterocycles. The van der Waals surface area contributed by atoms with E-state index in [1.165, 1.54) is 4.90 Å². The maximum absolute atomic E-state index is 12.8. The Morgan fingerprint density at radius 1 is 1.28 bits per heavy atom. The molecule has 1 aliphatic carbocycles. The molecule has 8 nitrogen and oxygen atoms in total. The molecule has 2 unspecified atom stereocenters. The lowest BCUT2D eigenvalue weighted by Crippen LogP contribution is -2.54. The lowest BCUT2D eigenvalue weighted by Gasteiger charge is -2.36. The van der Waals surface area contributed by atoms with Gasteiger partial charge in [-0.05, 0) is 31.0 Å². The molecule has 1 aromatic carbocycles. The first-order valence-electron chi connectivity index (χ1n) is 9.56. The van der Waals surface area contributed by atoms with Crippen LogP contribution in [0.25, 0.3) is 11.3 Å². The highest BCUT2D eigenvalue weighted by Crippen LogP contribution is 2.30. The third kappa shape index (κ3) is 4.00. The van der Waals surface area contributed by atoms with Gasteiger partial charge in [0, 0.05) is 5.56 Å². The molecule has 1 saturated carbocycles. The summed E-state index contributed by atoms with van der Waals surface area (Å²) < 4.78 is 5.23. The molecule has 3 amide bonds. The molecule has 1 saturated heterocycles. The van der Waals surface area contributed by atoms with Crippen LogP contribution in [0.2, 0.25) is 0 Å². The molecular weight excluding hydrogens is 392 g/mol. The fraction of sp³-hybridized carbons (Fsp3) is 0.400. The lowest BCUT2D eigenvalue weighted by atomic mass is 9.89. The van der Waals surface area contributed by atoms with Gasteiger partial charge in [0.1, 0.15) is 11.4 Å². The Kier molecular flexibility index (Phi) is 5.57. The highest BCUT2D eigenvalue weighted by molar-refractivity contribution is 8.14. The molecule has 2 N–H and O–H groups in total. The number of nitrogens with one attached hydrogen (secondary N) is 2. The zero-order valence-corrected chi connectivity index (χ0v) is 16.8. The third-order valence-corrected chi connectivity index (χ3v) is 6.19. The monoisotopic (exact) mass is 414 g/mol. The molecule has 0 radical (unpaired) electrons. The first-order chi connectivity index (χ1) is 14.1. The summed E-state index contributed by atoms with van der Waals surface area (Å²) in [5.74, 6) is 0.420. The van der Waals surface area contributed by atoms with Crippen molar-refractivity contribution in [1.29, 1.82) is 0 Å². The number of aromatic amines is 1. The molecule has 4 rings (SSSR count). The van der Waals surface area contributed by atoms with Crippen LogP contribution in [-0.2, 0) is 4.79 Å². The number of methoxy groups -OCH3 is 1. The van der Waals surface area contributed by atoms with E-state index >= 15 is 0 Å². The average molecular weight is 414 g/mol. The van der Waals surface area contributed by atoms with Gasteiger partial charge in [-0.3, -0.25) is 24.4 Å². The molecule has 9 heteroatoms. The molecule has 2 aromatic rings. The minimum Gasteiger partial charge on any atom is -0.497 e. The second-order valence-electron chi connectivity index (χ2n) is 7.15. The fourth-order valence-electron chi connectivity index (χ4n) is 3.89. The number of carbonyl (C=O) groups is 3. The third-order valence-electron chi connectivity index (χ3n) is 5.35. The van der Waals surface area contributed by atoms with Gasteiger partial charge in [0.15, 0.2) is 0 Å². The normalized spacial score (nSPS) is 22.0. The SMILES string of the molecule is COc1cccc(-c2cc(C(=O)NC3CCCCC3N3C(=O)CSC3=O)[nH]n2)c1. The summed E-state index contributed by atoms with van der Waals surface area (Å²) in [6.07, 6.45) is 3.32. The van der Waals surface area contributed by atoms with Gasteiger partial charge < -0.3 is 10.1 Å². The molecule has 29 heavy (non-hydrogen) atoms. The summed E-state index contributed by atoms with van der Waals surface area (Å²) in [6.45, 7) is 0. The molecule has 2 aliphatic rings. The average Bonchev–Trinajstić information content (AvgIpc) is 3.36. The van der Waals surface area contributed by atoms with E-state index in [1.54, 1.807) is 13.2 Å². The minimum atomic E-state index is -0.296. The summed E-state index contributed by atoms with van der Waals surface area (Å²) in [5.41, 5.74) is 1.80. The van der Waals surface area contributed by atoms with E-state index < -0.39 is 0 Å². The number of H-pyrrole nitrogens is 1. The van der Waals surface area contributed by atoms with Gasteiger partial charge >= 0.3 is 0 Å². The Hall–Kier alpha value is -2.81. The van der Waals surface area contributed by atoms with Gasteiger partial charge in [0.05, 0.1) is 30.6 Å². The molecule has 1 aromatic heterocycles. The smallest absolute Gasteiger partial charge is 0.289 e. The Morgan fingerprint density at radius 2 is 2.10 bits per heavy atom. The van der Waals surface area contributed by atoms with Crippen LogP contribution >= 0.6 is 11.8 Å². The summed E-state index contributed by atoms with van der Waals surface area (Å²) in [4.78, 5) is 38.4. The summed E-state index contributed by atoms with van der Waals surface area (Å²) >= 11 is 1.03. The van der Waals surface area contributed by atoms with Gasteiger partial charge in [-0.15, -0.1) is 0 Å². The number of benzene rings is 1. The molecule has 1 aliphatic heterocycles. The number of hydrogen-bond acceptors (Lipinski definition) is 6. The van der Waals surface area contributed by atoms with E-state index in [-0.39, 0.29) is 34.9 Å². The first-order valence-corrected chi connectivity index (χ1v) is 10.5. The maximum atomic E-state index is 12.8. The second-order valence-corrected chi connectivity index (χ2v) is 8.08. The number of thioether (sulfide) groups is 1. The number of hydrogen-bond donors (Lipinski definition) is 2. The number of amides is 3. The predicted octanol–water partition coefficient (Wildman–Crippen LogP) is 2.82. The zero-order valence-electron chi connectivity index (χ0n) is 16.0. The highest BCUT2D eigenvalue weighted by Gasteiger charge is 2.41. The van der Waals surface area contributed by atoms with E-state index in [2.05, 4.69) is 15.5 Å². The van der Waals surface area contributed by atoms with Crippen molar-refractivity contribution < 1.29 is 19.1 Å². The minimum absolute atomic E-state index is 0.173. The van der Waals surface area contributed by atoms with Crippen molar-refractivity contribution in [3.63, 3.8) is 0 Å². The summed E-state index contributed by atoms with van der Waals surface area (Å²) in [7, 11) is 1.59. The number of ether oxygens (including phenoxy) is 1. The highest BCUT2D eigenvalue weighted by atomic mass is 32.2. The van der Waals surface area contributed by atoms with E-state index in [9.17, 15) is 14.4 Å². The molecular formula is C20H22N4O4S. The second kappa shape index (κ2) is 8.28. The molecule has 152 valence electrons. The summed E-state index contributed by atoms with van der Waals surface area (Å²) in [5, 5.41) is 9.79. The molecule has 0 bridgehead atoms. The number of imide groups is 1. The van der Waals surface area contributed by atoms with Crippen LogP contribution in [0.3, 0.4) is 0 Å². The summed E-state index contributed by atoms with van der Waals surface area (Å²) in [6, 6.07) is 8.57. The van der Waals surface area contributed by atoms with Gasteiger partial charge in [-0.1, -0.05) is 36.7 Å². The van der Waals surface area contributed by atoms with Gasteiger partial charge in [0.25, 0.3) is 11.1 Å². The van der Waals surface area contributed by atoms with Crippen molar-refractivity contribution >= 4 is 28.8 Å². The van der Waals surface area contributed by atoms with E-state index in [4.69, 9.17) is 4.74 Å². The quantitative estimate of drug-likeness (QED) is 0.780. The van der Waals surface area contributed by atoms with E-state index in [0.29, 0.717) is 23.6 Å². The van der Waals surface area contributed by atoms with Gasteiger partial charge in [0.2, 0.25) is 5.91 Å². The molecule has 2 fully saturated rings. The Balaban J connectivity index is 1.49. The van der Waals surface area contributed by atoms with Crippen LogP contribution in [0, 0.1) is 0 Å². The topological polar surface area (TPSA) is 104 Å². The first kappa shape index (κ1) is 19.5. The van der Waals surface area contributed by atoms with Crippen molar-refractivity contribution in [2.45, 2.75) is 37.8 Å². The number of rotatable bonds is 5. The number of aromatic nitrogens is 2. The largest absolute Gasteiger partial charge is 0.497 e. The predicted molar refractivity (Wildman–Crippen MR) is 109 cm³/mol. The zero-order chi connectivity index (χ0) is 20.4. The Morgan fingerprint density at radius 3 is 2.86 bits per heavy atom. The van der Waals surface area contributed by atoms with Crippen LogP contribution in [0.15, 0.2) is 30.3 Å². The van der Waals surface area contributed by atoms with Gasteiger partial charge in [-0.25, -0.2) is 0 Å². The van der Waals surface area contributed by atoms with Crippen molar-refractivity contribution in [3.8, 4) is 17.0 Å². The van der Waals surface area contributed by atoms with Crippen LogP contribution < -0.4 is 10.1 Å². The number of carbonyl (C=O) groups excluding carboxylic acids is 3. The standard InChI is InChI=1S/C20H22N4O4S/c1-28-13-6-4-5-12(9-13)15-10-16(23-22-15)19(26)21-14-7-2-3-8-17(14)24-18(25)11-29-20(24)27/h4-6,9-10,14,17H,2-3,7-8,11H2,1H3,(H,21,26)(H,22,23). The van der Waals surface area contributed by atoms with Gasteiger partial charge in [-0.2, -0.15) is 5.10 Å². The maximum Gasteiger partial charge on any atom is 0.289 e. The van der Waals surface area contributed by atoms with Crippen LogP contribution in [0.5, 0.6) is 5.75 Å². The fourth-order valence-corrected chi connectivity index (χ4v) is 4.65. The van der Waals surface area contributed by atoms with Crippen LogP contribution in [-0.4, -0.2) is 57.1 Å². The molecule has 2 atom stereocenters. The van der Waals surface area contributed by atoms with Crippen molar-refractivity contribution in [2.75, 3.05) is 12.9 Å². The van der Waals surface area contributed by atoms with Crippen LogP contribution in [0.4, 0.5) is 4.79 Å². The molecule has 0 spiro atoms. The van der Waals surface area contributed by atoms with E-state index in [0.717, 1.165) is 36.6 Å². The van der Waals surface area contributed by atoms with Crippen molar-refractivity contribution in [2.24, 2.45) is 0 Å². The van der Waals surface area contributed by atoms with E-state index in [1.807, 2.05) is 24.3 Å². The van der Waals surface area contributed by atoms with Crippen LogP contribution in [0.1, 0.15) is 36.2 Å². The Bertz CT molecular complexity index is 928. The Labute approximate surface area is 172 Å².